The highest BCUT2D eigenvalue weighted by Gasteiger charge is 2.05. The van der Waals surface area contributed by atoms with E-state index in [9.17, 15) is 4.79 Å². The van der Waals surface area contributed by atoms with Crippen LogP contribution in [0.5, 0.6) is 0 Å². The number of unbranched alkanes of at least 4 members (excludes halogenated alkanes) is 1. The summed E-state index contributed by atoms with van der Waals surface area (Å²) in [7, 11) is 0. The molecule has 3 heteroatoms. The lowest BCUT2D eigenvalue weighted by Crippen LogP contribution is -1.97. The fraction of sp³-hybridized carbons (Fsp3) is 0.308. The Morgan fingerprint density at radius 2 is 2.19 bits per heavy atom. The van der Waals surface area contributed by atoms with Crippen molar-refractivity contribution < 1.29 is 9.90 Å². The van der Waals surface area contributed by atoms with E-state index in [-0.39, 0.29) is 0 Å². The van der Waals surface area contributed by atoms with Gasteiger partial charge in [-0.3, -0.25) is 0 Å². The Balaban J connectivity index is 2.38. The van der Waals surface area contributed by atoms with Crippen LogP contribution in [0.25, 0.3) is 10.9 Å². The third kappa shape index (κ3) is 1.94. The van der Waals surface area contributed by atoms with E-state index in [0.29, 0.717) is 5.56 Å². The first-order chi connectivity index (χ1) is 7.72. The summed E-state index contributed by atoms with van der Waals surface area (Å²) in [4.78, 5) is 10.8. The Hall–Kier alpha value is -1.77. The Morgan fingerprint density at radius 3 is 2.88 bits per heavy atom. The standard InChI is InChI=1S/C13H15NO2/c1-2-3-7-14-8-6-10-9-11(13(15)16)4-5-12(10)14/h4-6,8-9H,2-3,7H2,1H3,(H,15,16). The number of hydrogen-bond donors (Lipinski definition) is 1. The zero-order valence-electron chi connectivity index (χ0n) is 9.31. The first-order valence-electron chi connectivity index (χ1n) is 5.54. The third-order valence-corrected chi connectivity index (χ3v) is 2.77. The summed E-state index contributed by atoms with van der Waals surface area (Å²) in [5.41, 5.74) is 1.46. The fourth-order valence-corrected chi connectivity index (χ4v) is 1.86. The number of aryl methyl sites for hydroxylation is 1. The zero-order valence-corrected chi connectivity index (χ0v) is 9.31. The van der Waals surface area contributed by atoms with Gasteiger partial charge >= 0.3 is 5.97 Å². The number of carboxylic acids is 1. The van der Waals surface area contributed by atoms with E-state index in [0.717, 1.165) is 30.3 Å². The minimum absolute atomic E-state index is 0.348. The average molecular weight is 217 g/mol. The quantitative estimate of drug-likeness (QED) is 0.854. The van der Waals surface area contributed by atoms with E-state index in [1.807, 2.05) is 18.3 Å². The Kier molecular flexibility index (Phi) is 2.95. The summed E-state index contributed by atoms with van der Waals surface area (Å²) in [5.74, 6) is -0.872. The Morgan fingerprint density at radius 1 is 1.38 bits per heavy atom. The lowest BCUT2D eigenvalue weighted by molar-refractivity contribution is 0.0697. The molecule has 0 aliphatic carbocycles. The first-order valence-corrected chi connectivity index (χ1v) is 5.54. The zero-order chi connectivity index (χ0) is 11.5. The van der Waals surface area contributed by atoms with Gasteiger partial charge in [-0.05, 0) is 30.7 Å². The lowest BCUT2D eigenvalue weighted by atomic mass is 10.1. The van der Waals surface area contributed by atoms with Crippen molar-refractivity contribution in [2.24, 2.45) is 0 Å². The van der Waals surface area contributed by atoms with Crippen LogP contribution in [0.4, 0.5) is 0 Å². The minimum atomic E-state index is -0.872. The van der Waals surface area contributed by atoms with E-state index in [1.165, 1.54) is 0 Å². The molecule has 0 spiro atoms. The van der Waals surface area contributed by atoms with Gasteiger partial charge in [0.1, 0.15) is 0 Å². The van der Waals surface area contributed by atoms with Crippen molar-refractivity contribution in [2.45, 2.75) is 26.3 Å². The summed E-state index contributed by atoms with van der Waals surface area (Å²) >= 11 is 0. The van der Waals surface area contributed by atoms with Crippen LogP contribution in [0, 0.1) is 0 Å². The van der Waals surface area contributed by atoms with Gasteiger partial charge in [0.15, 0.2) is 0 Å². The second-order valence-corrected chi connectivity index (χ2v) is 3.94. The molecule has 84 valence electrons. The molecule has 1 aromatic heterocycles. The SMILES string of the molecule is CCCCn1ccc2cc(C(=O)O)ccc21. The molecule has 1 heterocycles. The number of aromatic carboxylic acids is 1. The molecule has 0 unspecified atom stereocenters. The maximum absolute atomic E-state index is 10.8. The molecule has 0 atom stereocenters. The number of aromatic nitrogens is 1. The van der Waals surface area contributed by atoms with Crippen molar-refractivity contribution in [3.8, 4) is 0 Å². The monoisotopic (exact) mass is 217 g/mol. The van der Waals surface area contributed by atoms with Crippen LogP contribution in [-0.4, -0.2) is 15.6 Å². The predicted molar refractivity (Wildman–Crippen MR) is 63.8 cm³/mol. The van der Waals surface area contributed by atoms with Crippen LogP contribution >= 0.6 is 0 Å². The molecule has 0 amide bonds. The van der Waals surface area contributed by atoms with Crippen LogP contribution < -0.4 is 0 Å². The van der Waals surface area contributed by atoms with Gasteiger partial charge in [-0.2, -0.15) is 0 Å². The highest BCUT2D eigenvalue weighted by molar-refractivity contribution is 5.93. The van der Waals surface area contributed by atoms with Gasteiger partial charge < -0.3 is 9.67 Å². The molecule has 0 saturated carbocycles. The normalized spacial score (nSPS) is 10.8. The van der Waals surface area contributed by atoms with Crippen molar-refractivity contribution in [1.29, 1.82) is 0 Å². The van der Waals surface area contributed by atoms with Gasteiger partial charge in [0.05, 0.1) is 5.56 Å². The first kappa shape index (κ1) is 10.7. The number of fused-ring (bicyclic) bond motifs is 1. The molecule has 0 aliphatic heterocycles. The topological polar surface area (TPSA) is 42.2 Å². The maximum atomic E-state index is 10.8. The Labute approximate surface area is 94.3 Å². The minimum Gasteiger partial charge on any atom is -0.478 e. The molecule has 1 N–H and O–H groups in total. The molecule has 0 aliphatic rings. The van der Waals surface area contributed by atoms with Crippen LogP contribution in [-0.2, 0) is 6.54 Å². The van der Waals surface area contributed by atoms with Gasteiger partial charge in [0, 0.05) is 23.6 Å². The van der Waals surface area contributed by atoms with Crippen LogP contribution in [0.1, 0.15) is 30.1 Å². The van der Waals surface area contributed by atoms with Gasteiger partial charge in [-0.15, -0.1) is 0 Å². The number of nitrogens with zero attached hydrogens (tertiary/aromatic N) is 1. The number of benzene rings is 1. The Bertz CT molecular complexity index is 514. The second kappa shape index (κ2) is 4.39. The molecule has 0 radical (unpaired) electrons. The molecule has 2 rings (SSSR count). The highest BCUT2D eigenvalue weighted by atomic mass is 16.4. The third-order valence-electron chi connectivity index (χ3n) is 2.77. The van der Waals surface area contributed by atoms with Gasteiger partial charge in [0.2, 0.25) is 0 Å². The summed E-state index contributed by atoms with van der Waals surface area (Å²) in [5, 5.41) is 9.88. The van der Waals surface area contributed by atoms with E-state index in [4.69, 9.17) is 5.11 Å². The van der Waals surface area contributed by atoms with Gasteiger partial charge in [-0.25, -0.2) is 4.79 Å². The van der Waals surface area contributed by atoms with Gasteiger partial charge in [-0.1, -0.05) is 13.3 Å². The maximum Gasteiger partial charge on any atom is 0.335 e. The van der Waals surface area contributed by atoms with E-state index < -0.39 is 5.97 Å². The van der Waals surface area contributed by atoms with Crippen molar-refractivity contribution in [3.63, 3.8) is 0 Å². The molecule has 16 heavy (non-hydrogen) atoms. The van der Waals surface area contributed by atoms with E-state index in [1.54, 1.807) is 12.1 Å². The molecule has 2 aromatic rings. The van der Waals surface area contributed by atoms with Crippen molar-refractivity contribution in [3.05, 3.63) is 36.0 Å². The van der Waals surface area contributed by atoms with Gasteiger partial charge in [0.25, 0.3) is 0 Å². The molecular formula is C13H15NO2. The molecule has 0 bridgehead atoms. The highest BCUT2D eigenvalue weighted by Crippen LogP contribution is 2.18. The number of carbonyl (C=O) groups is 1. The largest absolute Gasteiger partial charge is 0.478 e. The lowest BCUT2D eigenvalue weighted by Gasteiger charge is -2.04. The van der Waals surface area contributed by atoms with Crippen LogP contribution in [0.15, 0.2) is 30.5 Å². The average Bonchev–Trinajstić information content (AvgIpc) is 2.68. The van der Waals surface area contributed by atoms with Crippen molar-refractivity contribution in [1.82, 2.24) is 4.57 Å². The van der Waals surface area contributed by atoms with Crippen molar-refractivity contribution >= 4 is 16.9 Å². The number of rotatable bonds is 4. The van der Waals surface area contributed by atoms with Crippen LogP contribution in [0.2, 0.25) is 0 Å². The molecular weight excluding hydrogens is 202 g/mol. The summed E-state index contributed by atoms with van der Waals surface area (Å²) in [6.45, 7) is 3.15. The molecule has 0 fully saturated rings. The van der Waals surface area contributed by atoms with E-state index >= 15 is 0 Å². The van der Waals surface area contributed by atoms with Crippen LogP contribution in [0.3, 0.4) is 0 Å². The number of carboxylic acid groups (broad SMARTS) is 1. The molecule has 0 saturated heterocycles. The summed E-state index contributed by atoms with van der Waals surface area (Å²) < 4.78 is 2.17. The summed E-state index contributed by atoms with van der Waals surface area (Å²) in [6.07, 6.45) is 4.32. The molecule has 3 nitrogen and oxygen atoms in total. The summed E-state index contributed by atoms with van der Waals surface area (Å²) in [6, 6.07) is 7.24. The predicted octanol–water partition coefficient (Wildman–Crippen LogP) is 3.14. The fourth-order valence-electron chi connectivity index (χ4n) is 1.86. The second-order valence-electron chi connectivity index (χ2n) is 3.94. The van der Waals surface area contributed by atoms with Crippen molar-refractivity contribution in [2.75, 3.05) is 0 Å². The molecule has 1 aromatic carbocycles. The number of hydrogen-bond acceptors (Lipinski definition) is 1. The smallest absolute Gasteiger partial charge is 0.335 e. The van der Waals surface area contributed by atoms with E-state index in [2.05, 4.69) is 11.5 Å².